The van der Waals surface area contributed by atoms with Crippen molar-refractivity contribution in [2.75, 3.05) is 39.4 Å². The summed E-state index contributed by atoms with van der Waals surface area (Å²) in [5.41, 5.74) is -0.587. The normalized spacial score (nSPS) is 19.2. The second kappa shape index (κ2) is 10.6. The van der Waals surface area contributed by atoms with Crippen LogP contribution in [0.1, 0.15) is 52.9 Å². The van der Waals surface area contributed by atoms with E-state index in [1.54, 1.807) is 20.8 Å². The molecule has 0 aliphatic carbocycles. The second-order valence-corrected chi connectivity index (χ2v) is 8.74. The van der Waals surface area contributed by atoms with E-state index in [1.807, 2.05) is 4.90 Å². The topological polar surface area (TPSA) is 97.0 Å². The van der Waals surface area contributed by atoms with Crippen LogP contribution in [0.5, 0.6) is 0 Å². The fraction of sp³-hybridized carbons (Fsp3) is 0.850. The summed E-state index contributed by atoms with van der Waals surface area (Å²) >= 11 is 0. The minimum Gasteiger partial charge on any atom is -0.444 e. The number of rotatable bonds is 6. The highest BCUT2D eigenvalue weighted by molar-refractivity contribution is 5.82. The van der Waals surface area contributed by atoms with Gasteiger partial charge in [0, 0.05) is 39.3 Å². The lowest BCUT2D eigenvalue weighted by molar-refractivity contribution is -0.134. The number of piperidine rings is 1. The molecule has 0 saturated carbocycles. The maximum absolute atomic E-state index is 12.5. The predicted molar refractivity (Wildman–Crippen MR) is 105 cm³/mol. The molecular weight excluding hydrogens is 362 g/mol. The molecule has 2 N–H and O–H groups in total. The quantitative estimate of drug-likeness (QED) is 0.711. The van der Waals surface area contributed by atoms with Crippen LogP contribution in [-0.4, -0.2) is 67.8 Å². The Kier molecular flexibility index (Phi) is 8.54. The second-order valence-electron chi connectivity index (χ2n) is 8.74. The van der Waals surface area contributed by atoms with Gasteiger partial charge in [-0.05, 0) is 58.3 Å². The van der Waals surface area contributed by atoms with Crippen LogP contribution >= 0.6 is 0 Å². The molecule has 160 valence electrons. The van der Waals surface area contributed by atoms with Gasteiger partial charge in [0.2, 0.25) is 11.8 Å². The smallest absolute Gasteiger partial charge is 0.408 e. The first-order valence-corrected chi connectivity index (χ1v) is 10.3. The third kappa shape index (κ3) is 8.46. The van der Waals surface area contributed by atoms with Crippen molar-refractivity contribution in [3.8, 4) is 0 Å². The zero-order valence-corrected chi connectivity index (χ0v) is 17.4. The molecule has 2 saturated heterocycles. The number of carbonyl (C=O) groups excluding carboxylic acids is 3. The number of hydrogen-bond acceptors (Lipinski definition) is 5. The van der Waals surface area contributed by atoms with Crippen LogP contribution in [0, 0.1) is 11.8 Å². The minimum atomic E-state index is -0.598. The summed E-state index contributed by atoms with van der Waals surface area (Å²) in [5, 5.41) is 5.31. The summed E-state index contributed by atoms with van der Waals surface area (Å²) in [6, 6.07) is 0. The lowest BCUT2D eigenvalue weighted by atomic mass is 9.93. The van der Waals surface area contributed by atoms with Crippen molar-refractivity contribution in [1.82, 2.24) is 15.5 Å². The molecule has 0 aromatic heterocycles. The molecule has 0 unspecified atom stereocenters. The highest BCUT2D eigenvalue weighted by Crippen LogP contribution is 2.22. The number of alkyl carbamates (subject to hydrolysis) is 1. The summed E-state index contributed by atoms with van der Waals surface area (Å²) in [6.07, 6.45) is 3.76. The first kappa shape index (κ1) is 22.5. The van der Waals surface area contributed by atoms with Gasteiger partial charge in [0.1, 0.15) is 5.60 Å². The van der Waals surface area contributed by atoms with Gasteiger partial charge in [-0.2, -0.15) is 0 Å². The molecular formula is C20H35N3O5. The summed E-state index contributed by atoms with van der Waals surface area (Å²) in [7, 11) is 0. The molecule has 2 rings (SSSR count). The van der Waals surface area contributed by atoms with Crippen molar-refractivity contribution in [2.24, 2.45) is 11.8 Å². The average Bonchev–Trinajstić information content (AvgIpc) is 2.64. The Balaban J connectivity index is 1.58. The number of ether oxygens (including phenoxy) is 2. The number of likely N-dealkylation sites (tertiary alicyclic amines) is 1. The molecule has 0 spiro atoms. The van der Waals surface area contributed by atoms with Crippen molar-refractivity contribution in [1.29, 1.82) is 0 Å². The van der Waals surface area contributed by atoms with E-state index >= 15 is 0 Å². The Morgan fingerprint density at radius 1 is 1.00 bits per heavy atom. The van der Waals surface area contributed by atoms with E-state index in [1.165, 1.54) is 0 Å². The number of nitrogens with zero attached hydrogens (tertiary/aromatic N) is 1. The van der Waals surface area contributed by atoms with Crippen LogP contribution in [0.4, 0.5) is 4.79 Å². The number of nitrogens with one attached hydrogen (secondary N) is 2. The zero-order chi connectivity index (χ0) is 20.6. The Morgan fingerprint density at radius 3 is 2.25 bits per heavy atom. The van der Waals surface area contributed by atoms with Crippen LogP contribution in [0.15, 0.2) is 0 Å². The molecule has 8 nitrogen and oxygen atoms in total. The number of hydrogen-bond donors (Lipinski definition) is 2. The van der Waals surface area contributed by atoms with Gasteiger partial charge in [-0.25, -0.2) is 4.79 Å². The molecule has 2 aliphatic rings. The zero-order valence-electron chi connectivity index (χ0n) is 17.4. The van der Waals surface area contributed by atoms with Gasteiger partial charge in [-0.1, -0.05) is 0 Å². The van der Waals surface area contributed by atoms with Gasteiger partial charge in [-0.3, -0.25) is 9.59 Å². The van der Waals surface area contributed by atoms with Crippen LogP contribution in [0.25, 0.3) is 0 Å². The Hall–Kier alpha value is -1.83. The summed E-state index contributed by atoms with van der Waals surface area (Å²) < 4.78 is 10.4. The fourth-order valence-corrected chi connectivity index (χ4v) is 3.50. The molecule has 0 aromatic carbocycles. The highest BCUT2D eigenvalue weighted by atomic mass is 16.6. The summed E-state index contributed by atoms with van der Waals surface area (Å²) in [6.45, 7) is 8.81. The average molecular weight is 398 g/mol. The standard InChI is InChI=1S/C20H35N3O5/c1-20(2,3)28-19(26)22-14-17(24)21-13-16-4-8-23(9-5-16)18(25)12-15-6-10-27-11-7-15/h15-16H,4-14H2,1-3H3,(H,21,24)(H,22,26). The van der Waals surface area contributed by atoms with Gasteiger partial charge in [0.25, 0.3) is 0 Å². The third-order valence-electron chi connectivity index (χ3n) is 5.15. The van der Waals surface area contributed by atoms with Gasteiger partial charge in [-0.15, -0.1) is 0 Å². The van der Waals surface area contributed by atoms with Gasteiger partial charge in [0.05, 0.1) is 6.54 Å². The van der Waals surface area contributed by atoms with Crippen LogP contribution < -0.4 is 10.6 Å². The van der Waals surface area contributed by atoms with Crippen molar-refractivity contribution in [3.63, 3.8) is 0 Å². The Bertz CT molecular complexity index is 532. The Morgan fingerprint density at radius 2 is 1.64 bits per heavy atom. The third-order valence-corrected chi connectivity index (χ3v) is 5.15. The van der Waals surface area contributed by atoms with Crippen LogP contribution in [-0.2, 0) is 19.1 Å². The molecule has 0 radical (unpaired) electrons. The maximum Gasteiger partial charge on any atom is 0.408 e. The van der Waals surface area contributed by atoms with E-state index in [9.17, 15) is 14.4 Å². The van der Waals surface area contributed by atoms with E-state index < -0.39 is 11.7 Å². The monoisotopic (exact) mass is 397 g/mol. The highest BCUT2D eigenvalue weighted by Gasteiger charge is 2.26. The van der Waals surface area contributed by atoms with Crippen molar-refractivity contribution < 1.29 is 23.9 Å². The minimum absolute atomic E-state index is 0.0999. The van der Waals surface area contributed by atoms with E-state index in [4.69, 9.17) is 9.47 Å². The molecule has 2 fully saturated rings. The SMILES string of the molecule is CC(C)(C)OC(=O)NCC(=O)NCC1CCN(C(=O)CC2CCOCC2)CC1. The molecule has 0 aromatic rings. The molecule has 3 amide bonds. The molecule has 0 bridgehead atoms. The van der Waals surface area contributed by atoms with Gasteiger partial charge < -0.3 is 25.0 Å². The first-order chi connectivity index (χ1) is 13.2. The van der Waals surface area contributed by atoms with Crippen molar-refractivity contribution >= 4 is 17.9 Å². The van der Waals surface area contributed by atoms with Crippen LogP contribution in [0.2, 0.25) is 0 Å². The summed E-state index contributed by atoms with van der Waals surface area (Å²) in [5.74, 6) is 0.827. The summed E-state index contributed by atoms with van der Waals surface area (Å²) in [4.78, 5) is 37.9. The van der Waals surface area contributed by atoms with Gasteiger partial charge in [0.15, 0.2) is 0 Å². The lowest BCUT2D eigenvalue weighted by Gasteiger charge is -2.33. The van der Waals surface area contributed by atoms with E-state index in [0.717, 1.165) is 52.0 Å². The number of carbonyl (C=O) groups is 3. The largest absolute Gasteiger partial charge is 0.444 e. The lowest BCUT2D eigenvalue weighted by Crippen LogP contribution is -2.44. The maximum atomic E-state index is 12.5. The fourth-order valence-electron chi connectivity index (χ4n) is 3.50. The van der Waals surface area contributed by atoms with E-state index in [-0.39, 0.29) is 18.4 Å². The molecule has 2 heterocycles. The van der Waals surface area contributed by atoms with E-state index in [2.05, 4.69) is 10.6 Å². The Labute approximate surface area is 167 Å². The molecule has 2 aliphatic heterocycles. The van der Waals surface area contributed by atoms with Crippen LogP contribution in [0.3, 0.4) is 0 Å². The predicted octanol–water partition coefficient (Wildman–Crippen LogP) is 1.68. The first-order valence-electron chi connectivity index (χ1n) is 10.3. The van der Waals surface area contributed by atoms with Gasteiger partial charge >= 0.3 is 6.09 Å². The van der Waals surface area contributed by atoms with Crippen molar-refractivity contribution in [2.45, 2.75) is 58.5 Å². The van der Waals surface area contributed by atoms with E-state index in [0.29, 0.717) is 24.8 Å². The molecule has 28 heavy (non-hydrogen) atoms. The molecule has 0 atom stereocenters. The number of amides is 3. The van der Waals surface area contributed by atoms with Crippen molar-refractivity contribution in [3.05, 3.63) is 0 Å². The molecule has 8 heteroatoms.